The Hall–Kier alpha value is -2.88. The van der Waals surface area contributed by atoms with Crippen LogP contribution in [0, 0.1) is 14.9 Å². The van der Waals surface area contributed by atoms with Crippen LogP contribution in [0.2, 0.25) is 0 Å². The number of hydrogen-bond donors (Lipinski definition) is 1. The van der Waals surface area contributed by atoms with Gasteiger partial charge >= 0.3 is 10.1 Å². The van der Waals surface area contributed by atoms with Crippen LogP contribution >= 0.6 is 38.5 Å². The summed E-state index contributed by atoms with van der Waals surface area (Å²) in [6, 6.07) is 19.3. The number of carbonyl (C=O) groups is 1. The van der Waals surface area contributed by atoms with Gasteiger partial charge < -0.3 is 14.2 Å². The molecule has 7 nitrogen and oxygen atoms in total. The van der Waals surface area contributed by atoms with Crippen LogP contribution in [-0.2, 0) is 14.9 Å². The summed E-state index contributed by atoms with van der Waals surface area (Å²) in [5.41, 5.74) is 0.959. The van der Waals surface area contributed by atoms with Crippen molar-refractivity contribution >= 4 is 66.3 Å². The van der Waals surface area contributed by atoms with Crippen LogP contribution in [-0.4, -0.2) is 21.4 Å². The lowest BCUT2D eigenvalue weighted by Crippen LogP contribution is -2.13. The number of methoxy groups -OCH3 is 1. The SMILES string of the molecule is COc1ccc(S(=O)(=O)Oc2ccc(/C=C(\C#N)C(=O)Nc3ccc(I)cc3)cc2Br)cc1. The number of amides is 1. The fourth-order valence-corrected chi connectivity index (χ4v) is 4.52. The van der Waals surface area contributed by atoms with E-state index in [4.69, 9.17) is 8.92 Å². The van der Waals surface area contributed by atoms with E-state index in [9.17, 15) is 18.5 Å². The maximum Gasteiger partial charge on any atom is 0.339 e. The Labute approximate surface area is 213 Å². The zero-order chi connectivity index (χ0) is 24.0. The second-order valence-electron chi connectivity index (χ2n) is 6.53. The van der Waals surface area contributed by atoms with E-state index in [0.717, 1.165) is 3.57 Å². The predicted octanol–water partition coefficient (Wildman–Crippen LogP) is 5.38. The fraction of sp³-hybridized carbons (Fsp3) is 0.0435. The second-order valence-corrected chi connectivity index (χ2v) is 10.2. The Kier molecular flexibility index (Phi) is 8.12. The number of halogens is 2. The van der Waals surface area contributed by atoms with Crippen LogP contribution in [0.4, 0.5) is 5.69 Å². The van der Waals surface area contributed by atoms with Gasteiger partial charge in [-0.1, -0.05) is 6.07 Å². The van der Waals surface area contributed by atoms with Crippen LogP contribution in [0.3, 0.4) is 0 Å². The van der Waals surface area contributed by atoms with Gasteiger partial charge in [-0.3, -0.25) is 4.79 Å². The predicted molar refractivity (Wildman–Crippen MR) is 136 cm³/mol. The van der Waals surface area contributed by atoms with Crippen molar-refractivity contribution in [3.8, 4) is 17.6 Å². The summed E-state index contributed by atoms with van der Waals surface area (Å²) in [6.45, 7) is 0. The molecule has 0 aliphatic heterocycles. The Morgan fingerprint density at radius 1 is 1.09 bits per heavy atom. The van der Waals surface area contributed by atoms with E-state index in [-0.39, 0.29) is 16.2 Å². The van der Waals surface area contributed by atoms with Crippen molar-refractivity contribution in [3.05, 3.63) is 85.9 Å². The summed E-state index contributed by atoms with van der Waals surface area (Å²) in [5.74, 6) is 0.0210. The molecule has 0 fully saturated rings. The third kappa shape index (κ3) is 6.56. The van der Waals surface area contributed by atoms with Crippen molar-refractivity contribution in [1.29, 1.82) is 5.26 Å². The van der Waals surface area contributed by atoms with Gasteiger partial charge in [0, 0.05) is 9.26 Å². The van der Waals surface area contributed by atoms with Gasteiger partial charge in [-0.2, -0.15) is 13.7 Å². The number of nitrogens with zero attached hydrogens (tertiary/aromatic N) is 1. The summed E-state index contributed by atoms with van der Waals surface area (Å²) >= 11 is 5.43. The molecule has 0 heterocycles. The summed E-state index contributed by atoms with van der Waals surface area (Å²) in [6.07, 6.45) is 1.40. The molecule has 0 spiro atoms. The molecule has 0 saturated carbocycles. The third-order valence-electron chi connectivity index (χ3n) is 4.28. The lowest BCUT2D eigenvalue weighted by atomic mass is 10.1. The molecule has 0 unspecified atom stereocenters. The fourth-order valence-electron chi connectivity index (χ4n) is 2.63. The van der Waals surface area contributed by atoms with Crippen molar-refractivity contribution in [2.24, 2.45) is 0 Å². The molecule has 1 amide bonds. The molecule has 3 aromatic rings. The van der Waals surface area contributed by atoms with Crippen LogP contribution in [0.25, 0.3) is 6.08 Å². The first-order chi connectivity index (χ1) is 15.7. The van der Waals surface area contributed by atoms with E-state index in [1.807, 2.05) is 18.2 Å². The molecule has 0 aromatic heterocycles. The highest BCUT2D eigenvalue weighted by Crippen LogP contribution is 2.30. The Morgan fingerprint density at radius 2 is 1.76 bits per heavy atom. The average molecular weight is 639 g/mol. The van der Waals surface area contributed by atoms with Crippen LogP contribution in [0.5, 0.6) is 11.5 Å². The normalized spacial score (nSPS) is 11.4. The van der Waals surface area contributed by atoms with Gasteiger partial charge in [0.15, 0.2) is 5.75 Å². The minimum Gasteiger partial charge on any atom is -0.497 e. The molecule has 0 saturated heterocycles. The highest BCUT2D eigenvalue weighted by Gasteiger charge is 2.19. The van der Waals surface area contributed by atoms with Crippen molar-refractivity contribution in [2.75, 3.05) is 12.4 Å². The van der Waals surface area contributed by atoms with Gasteiger partial charge in [0.25, 0.3) is 5.91 Å². The maximum absolute atomic E-state index is 12.6. The number of nitriles is 1. The van der Waals surface area contributed by atoms with E-state index < -0.39 is 16.0 Å². The number of benzene rings is 3. The van der Waals surface area contributed by atoms with E-state index in [2.05, 4.69) is 43.8 Å². The first-order valence-corrected chi connectivity index (χ1v) is 12.6. The molecule has 3 aromatic carbocycles. The number of rotatable bonds is 7. The number of ether oxygens (including phenoxy) is 1. The van der Waals surface area contributed by atoms with E-state index in [1.54, 1.807) is 24.3 Å². The molecule has 0 aliphatic rings. The Balaban J connectivity index is 1.78. The zero-order valence-corrected chi connectivity index (χ0v) is 21.6. The smallest absolute Gasteiger partial charge is 0.339 e. The molecule has 0 radical (unpaired) electrons. The number of hydrogen-bond acceptors (Lipinski definition) is 6. The average Bonchev–Trinajstić information content (AvgIpc) is 2.80. The molecule has 1 N–H and O–H groups in total. The first-order valence-electron chi connectivity index (χ1n) is 9.28. The van der Waals surface area contributed by atoms with Crippen molar-refractivity contribution in [3.63, 3.8) is 0 Å². The largest absolute Gasteiger partial charge is 0.497 e. The lowest BCUT2D eigenvalue weighted by molar-refractivity contribution is -0.112. The molecule has 3 rings (SSSR count). The minimum absolute atomic E-state index is 0.0294. The Morgan fingerprint density at radius 3 is 2.33 bits per heavy atom. The quantitative estimate of drug-likeness (QED) is 0.161. The van der Waals surface area contributed by atoms with Gasteiger partial charge in [-0.15, -0.1) is 0 Å². The van der Waals surface area contributed by atoms with Crippen molar-refractivity contribution in [2.45, 2.75) is 4.90 Å². The van der Waals surface area contributed by atoms with Crippen molar-refractivity contribution < 1.29 is 22.1 Å². The van der Waals surface area contributed by atoms with Gasteiger partial charge in [0.2, 0.25) is 0 Å². The summed E-state index contributed by atoms with van der Waals surface area (Å²) in [7, 11) is -2.59. The van der Waals surface area contributed by atoms with Gasteiger partial charge in [-0.25, -0.2) is 0 Å². The first kappa shape index (κ1) is 24.8. The van der Waals surface area contributed by atoms with Gasteiger partial charge in [0.05, 0.1) is 11.6 Å². The maximum atomic E-state index is 12.6. The Bertz CT molecular complexity index is 1350. The van der Waals surface area contributed by atoms with E-state index in [0.29, 0.717) is 21.5 Å². The van der Waals surface area contributed by atoms with E-state index in [1.165, 1.54) is 43.5 Å². The zero-order valence-electron chi connectivity index (χ0n) is 17.1. The lowest BCUT2D eigenvalue weighted by Gasteiger charge is -2.10. The highest BCUT2D eigenvalue weighted by atomic mass is 127. The standard InChI is InChI=1S/C23H16BrIN2O5S/c1-31-19-7-9-20(10-8-19)33(29,30)32-22-11-2-15(13-21(22)24)12-16(14-26)23(28)27-18-5-3-17(25)4-6-18/h2-13H,1H3,(H,27,28)/b16-12+. The topological polar surface area (TPSA) is 105 Å². The number of anilines is 1. The van der Waals surface area contributed by atoms with Crippen LogP contribution < -0.4 is 14.2 Å². The van der Waals surface area contributed by atoms with Crippen molar-refractivity contribution in [1.82, 2.24) is 0 Å². The number of nitrogens with one attached hydrogen (secondary N) is 1. The molecular weight excluding hydrogens is 623 g/mol. The third-order valence-corrected chi connectivity index (χ3v) is 6.87. The summed E-state index contributed by atoms with van der Waals surface area (Å²) in [4.78, 5) is 12.4. The molecule has 0 atom stereocenters. The molecule has 33 heavy (non-hydrogen) atoms. The number of carbonyl (C=O) groups excluding carboxylic acids is 1. The van der Waals surface area contributed by atoms with Crippen LogP contribution in [0.1, 0.15) is 5.56 Å². The molecular formula is C23H16BrIN2O5S. The molecule has 0 bridgehead atoms. The van der Waals surface area contributed by atoms with E-state index >= 15 is 0 Å². The second kappa shape index (κ2) is 10.8. The monoisotopic (exact) mass is 638 g/mol. The molecule has 10 heteroatoms. The minimum atomic E-state index is -4.07. The highest BCUT2D eigenvalue weighted by molar-refractivity contribution is 14.1. The summed E-state index contributed by atoms with van der Waals surface area (Å²) in [5, 5.41) is 12.1. The molecule has 0 aliphatic carbocycles. The van der Waals surface area contributed by atoms with Gasteiger partial charge in [-0.05, 0) is 111 Å². The van der Waals surface area contributed by atoms with Gasteiger partial charge in [0.1, 0.15) is 22.3 Å². The molecule has 168 valence electrons. The van der Waals surface area contributed by atoms with Crippen LogP contribution in [0.15, 0.2) is 81.7 Å². The summed E-state index contributed by atoms with van der Waals surface area (Å²) < 4.78 is 36.7.